The molecule has 0 aromatic rings. The van der Waals surface area contributed by atoms with Crippen LogP contribution < -0.4 is 0 Å². The molecule has 0 amide bonds. The summed E-state index contributed by atoms with van der Waals surface area (Å²) in [5, 5.41) is 9.42. The number of aliphatic hydroxyl groups excluding tert-OH is 1. The highest BCUT2D eigenvalue weighted by Crippen LogP contribution is 2.27. The second kappa shape index (κ2) is 6.88. The first-order valence-electron chi connectivity index (χ1n) is 7.86. The van der Waals surface area contributed by atoms with E-state index in [4.69, 9.17) is 0 Å². The van der Waals surface area contributed by atoms with Gasteiger partial charge in [0, 0.05) is 18.7 Å². The van der Waals surface area contributed by atoms with Crippen molar-refractivity contribution in [1.29, 1.82) is 0 Å². The Morgan fingerprint density at radius 1 is 0.944 bits per heavy atom. The number of hydrogen-bond acceptors (Lipinski definition) is 3. The van der Waals surface area contributed by atoms with Crippen molar-refractivity contribution in [2.75, 3.05) is 19.7 Å². The smallest absolute Gasteiger partial charge is 0.0649 e. The molecule has 2 unspecified atom stereocenters. The third-order valence-corrected chi connectivity index (χ3v) is 4.86. The summed E-state index contributed by atoms with van der Waals surface area (Å²) in [5.41, 5.74) is 0. The molecule has 106 valence electrons. The van der Waals surface area contributed by atoms with Gasteiger partial charge in [0.1, 0.15) is 0 Å². The lowest BCUT2D eigenvalue weighted by Crippen LogP contribution is -2.57. The number of hydrogen-bond donors (Lipinski definition) is 1. The van der Waals surface area contributed by atoms with E-state index in [0.29, 0.717) is 24.9 Å². The maximum atomic E-state index is 9.42. The average molecular weight is 254 g/mol. The fourth-order valence-corrected chi connectivity index (χ4v) is 3.76. The van der Waals surface area contributed by atoms with Gasteiger partial charge in [-0.15, -0.1) is 0 Å². The summed E-state index contributed by atoms with van der Waals surface area (Å²) in [6.45, 7) is 7.47. The zero-order valence-corrected chi connectivity index (χ0v) is 12.1. The molecule has 1 N–H and O–H groups in total. The van der Waals surface area contributed by atoms with Gasteiger partial charge in [0.2, 0.25) is 0 Å². The van der Waals surface area contributed by atoms with Gasteiger partial charge in [-0.05, 0) is 59.0 Å². The minimum atomic E-state index is 0.317. The summed E-state index contributed by atoms with van der Waals surface area (Å²) in [5.74, 6) is 0. The van der Waals surface area contributed by atoms with Crippen LogP contribution in [-0.4, -0.2) is 52.9 Å². The molecular weight excluding hydrogens is 224 g/mol. The van der Waals surface area contributed by atoms with Crippen LogP contribution >= 0.6 is 0 Å². The highest BCUT2D eigenvalue weighted by molar-refractivity contribution is 4.85. The first-order chi connectivity index (χ1) is 8.74. The van der Waals surface area contributed by atoms with Crippen molar-refractivity contribution in [2.24, 2.45) is 0 Å². The zero-order valence-electron chi connectivity index (χ0n) is 12.1. The van der Waals surface area contributed by atoms with Gasteiger partial charge in [-0.3, -0.25) is 9.80 Å². The van der Waals surface area contributed by atoms with E-state index in [9.17, 15) is 5.11 Å². The van der Waals surface area contributed by atoms with E-state index in [2.05, 4.69) is 23.6 Å². The van der Waals surface area contributed by atoms with Gasteiger partial charge < -0.3 is 5.11 Å². The third kappa shape index (κ3) is 3.25. The fourth-order valence-electron chi connectivity index (χ4n) is 3.76. The normalized spacial score (nSPS) is 33.5. The van der Waals surface area contributed by atoms with Gasteiger partial charge in [-0.2, -0.15) is 0 Å². The van der Waals surface area contributed by atoms with Crippen LogP contribution in [0.15, 0.2) is 0 Å². The molecule has 3 nitrogen and oxygen atoms in total. The Morgan fingerprint density at radius 3 is 1.83 bits per heavy atom. The molecule has 0 bridgehead atoms. The number of aliphatic hydroxyl groups is 1. The van der Waals surface area contributed by atoms with Crippen molar-refractivity contribution in [3.8, 4) is 0 Å². The predicted molar refractivity (Wildman–Crippen MR) is 75.5 cm³/mol. The van der Waals surface area contributed by atoms with Gasteiger partial charge >= 0.3 is 0 Å². The Kier molecular flexibility index (Phi) is 5.46. The van der Waals surface area contributed by atoms with E-state index in [-0.39, 0.29) is 0 Å². The van der Waals surface area contributed by atoms with Crippen molar-refractivity contribution >= 4 is 0 Å². The van der Waals surface area contributed by atoms with Crippen molar-refractivity contribution in [3.63, 3.8) is 0 Å². The quantitative estimate of drug-likeness (QED) is 0.835. The molecule has 2 saturated heterocycles. The number of rotatable bonds is 4. The van der Waals surface area contributed by atoms with E-state index in [1.165, 1.54) is 51.6 Å². The molecule has 3 heteroatoms. The number of nitrogens with zero attached hydrogens (tertiary/aromatic N) is 2. The Morgan fingerprint density at radius 2 is 1.44 bits per heavy atom. The molecule has 0 aromatic carbocycles. The molecule has 2 rings (SSSR count). The second-order valence-electron chi connectivity index (χ2n) is 6.16. The van der Waals surface area contributed by atoms with Gasteiger partial charge in [0.05, 0.1) is 6.17 Å². The van der Waals surface area contributed by atoms with E-state index < -0.39 is 0 Å². The Balaban J connectivity index is 2.05. The molecule has 0 aliphatic carbocycles. The summed E-state index contributed by atoms with van der Waals surface area (Å²) < 4.78 is 0. The lowest BCUT2D eigenvalue weighted by Gasteiger charge is -2.48. The van der Waals surface area contributed by atoms with E-state index >= 15 is 0 Å². The molecule has 0 aromatic heterocycles. The van der Waals surface area contributed by atoms with Crippen LogP contribution in [0.5, 0.6) is 0 Å². The second-order valence-corrected chi connectivity index (χ2v) is 6.16. The fraction of sp³-hybridized carbons (Fsp3) is 1.00. The van der Waals surface area contributed by atoms with Crippen LogP contribution in [0, 0.1) is 0 Å². The van der Waals surface area contributed by atoms with E-state index in [0.717, 1.165) is 6.42 Å². The summed E-state index contributed by atoms with van der Waals surface area (Å²) in [7, 11) is 0. The molecule has 2 aliphatic heterocycles. The van der Waals surface area contributed by atoms with Gasteiger partial charge in [-0.1, -0.05) is 12.8 Å². The number of piperidine rings is 2. The van der Waals surface area contributed by atoms with Crippen molar-refractivity contribution < 1.29 is 5.11 Å². The van der Waals surface area contributed by atoms with Crippen LogP contribution in [0.2, 0.25) is 0 Å². The standard InChI is InChI=1S/C15H30N2O/c1-13-7-3-5-10-16(13)15(9-12-18)17-11-6-4-8-14(17)2/h13-15,18H,3-12H2,1-2H3. The largest absolute Gasteiger partial charge is 0.396 e. The molecule has 0 spiro atoms. The Labute approximate surface area is 112 Å². The lowest BCUT2D eigenvalue weighted by molar-refractivity contribution is -0.0430. The van der Waals surface area contributed by atoms with Crippen molar-refractivity contribution in [2.45, 2.75) is 77.0 Å². The minimum Gasteiger partial charge on any atom is -0.396 e. The molecule has 18 heavy (non-hydrogen) atoms. The molecule has 2 fully saturated rings. The van der Waals surface area contributed by atoms with Crippen LogP contribution in [0.25, 0.3) is 0 Å². The monoisotopic (exact) mass is 254 g/mol. The molecule has 2 heterocycles. The average Bonchev–Trinajstić information content (AvgIpc) is 2.38. The highest BCUT2D eigenvalue weighted by Gasteiger charge is 2.33. The summed E-state index contributed by atoms with van der Waals surface area (Å²) >= 11 is 0. The maximum absolute atomic E-state index is 9.42. The van der Waals surface area contributed by atoms with Crippen LogP contribution in [0.1, 0.15) is 58.8 Å². The Bertz CT molecular complexity index is 225. The van der Waals surface area contributed by atoms with Gasteiger partial charge in [0.25, 0.3) is 0 Å². The van der Waals surface area contributed by atoms with Crippen molar-refractivity contribution in [1.82, 2.24) is 9.80 Å². The summed E-state index contributed by atoms with van der Waals surface area (Å²) in [6, 6.07) is 1.37. The summed E-state index contributed by atoms with van der Waals surface area (Å²) in [6.07, 6.45) is 9.44. The van der Waals surface area contributed by atoms with E-state index in [1.807, 2.05) is 0 Å². The molecule has 2 aliphatic rings. The summed E-state index contributed by atoms with van der Waals surface area (Å²) in [4.78, 5) is 5.31. The molecule has 2 atom stereocenters. The first kappa shape index (κ1) is 14.3. The third-order valence-electron chi connectivity index (χ3n) is 4.86. The van der Waals surface area contributed by atoms with Crippen molar-refractivity contribution in [3.05, 3.63) is 0 Å². The first-order valence-corrected chi connectivity index (χ1v) is 7.86. The minimum absolute atomic E-state index is 0.317. The molecule has 0 radical (unpaired) electrons. The van der Waals surface area contributed by atoms with Crippen LogP contribution in [-0.2, 0) is 0 Å². The SMILES string of the molecule is CC1CCCCN1C(CCO)N1CCCCC1C. The topological polar surface area (TPSA) is 26.7 Å². The van der Waals surface area contributed by atoms with Crippen LogP contribution in [0.4, 0.5) is 0 Å². The van der Waals surface area contributed by atoms with Crippen LogP contribution in [0.3, 0.4) is 0 Å². The maximum Gasteiger partial charge on any atom is 0.0649 e. The van der Waals surface area contributed by atoms with Gasteiger partial charge in [0.15, 0.2) is 0 Å². The van der Waals surface area contributed by atoms with E-state index in [1.54, 1.807) is 0 Å². The van der Waals surface area contributed by atoms with Gasteiger partial charge in [-0.25, -0.2) is 0 Å². The number of likely N-dealkylation sites (tertiary alicyclic amines) is 2. The highest BCUT2D eigenvalue weighted by atomic mass is 16.3. The Hall–Kier alpha value is -0.120. The molecular formula is C15H30N2O. The predicted octanol–water partition coefficient (Wildman–Crippen LogP) is 2.44. The zero-order chi connectivity index (χ0) is 13.0. The lowest BCUT2D eigenvalue weighted by atomic mass is 9.98. The molecule has 0 saturated carbocycles.